The number of carbonyl (C=O) groups is 2. The molecule has 2 aromatic rings. The lowest BCUT2D eigenvalue weighted by molar-refractivity contribution is -0.116. The van der Waals surface area contributed by atoms with Gasteiger partial charge in [-0.1, -0.05) is 17.7 Å². The number of anilines is 1. The molecule has 0 saturated carbocycles. The van der Waals surface area contributed by atoms with Crippen LogP contribution in [-0.4, -0.2) is 23.5 Å². The van der Waals surface area contributed by atoms with Gasteiger partial charge in [0.1, 0.15) is 5.69 Å². The van der Waals surface area contributed by atoms with Gasteiger partial charge in [-0.25, -0.2) is 4.79 Å². The summed E-state index contributed by atoms with van der Waals surface area (Å²) in [6, 6.07) is 5.50. The summed E-state index contributed by atoms with van der Waals surface area (Å²) < 4.78 is 5.04. The molecule has 0 spiro atoms. The van der Waals surface area contributed by atoms with Gasteiger partial charge in [-0.2, -0.15) is 0 Å². The summed E-state index contributed by atoms with van der Waals surface area (Å²) in [5, 5.41) is 3.34. The van der Waals surface area contributed by atoms with Crippen LogP contribution >= 0.6 is 11.6 Å². The zero-order valence-corrected chi connectivity index (χ0v) is 15.7. The Bertz CT molecular complexity index is 796. The highest BCUT2D eigenvalue weighted by Gasteiger charge is 2.18. The fraction of sp³-hybridized carbons (Fsp3) is 0.368. The molecular formula is C19H23ClN2O3. The van der Waals surface area contributed by atoms with Crippen molar-refractivity contribution in [2.45, 2.75) is 40.5 Å². The molecule has 0 bridgehead atoms. The van der Waals surface area contributed by atoms with Crippen LogP contribution in [0.15, 0.2) is 18.2 Å². The first-order valence-corrected chi connectivity index (χ1v) is 8.62. The standard InChI is InChI=1S/C19H23ClN2O3/c1-5-25-19(24)18-12(3)14(13(4)21-18)7-9-17(23)22-16-8-6-11(2)10-15(16)20/h6,8,10,21H,5,7,9H2,1-4H3,(H,22,23). The number of esters is 1. The van der Waals surface area contributed by atoms with Crippen LogP contribution in [0.5, 0.6) is 0 Å². The average Bonchev–Trinajstić information content (AvgIpc) is 2.83. The van der Waals surface area contributed by atoms with Crippen LogP contribution in [0.2, 0.25) is 5.02 Å². The molecule has 0 atom stereocenters. The number of hydrogen-bond acceptors (Lipinski definition) is 3. The van der Waals surface area contributed by atoms with Gasteiger partial charge in [-0.15, -0.1) is 0 Å². The molecule has 1 aromatic carbocycles. The van der Waals surface area contributed by atoms with E-state index in [9.17, 15) is 9.59 Å². The van der Waals surface area contributed by atoms with Crippen molar-refractivity contribution in [3.8, 4) is 0 Å². The largest absolute Gasteiger partial charge is 0.461 e. The van der Waals surface area contributed by atoms with E-state index < -0.39 is 0 Å². The molecule has 0 fully saturated rings. The minimum absolute atomic E-state index is 0.122. The molecule has 25 heavy (non-hydrogen) atoms. The number of rotatable bonds is 6. The predicted octanol–water partition coefficient (Wildman–Crippen LogP) is 4.34. The second-order valence-electron chi connectivity index (χ2n) is 5.98. The van der Waals surface area contributed by atoms with Gasteiger partial charge in [-0.05, 0) is 62.9 Å². The van der Waals surface area contributed by atoms with Gasteiger partial charge in [0.15, 0.2) is 0 Å². The number of H-pyrrole nitrogens is 1. The van der Waals surface area contributed by atoms with E-state index in [1.807, 2.05) is 32.9 Å². The third-order valence-electron chi connectivity index (χ3n) is 4.07. The van der Waals surface area contributed by atoms with E-state index >= 15 is 0 Å². The zero-order chi connectivity index (χ0) is 18.6. The summed E-state index contributed by atoms with van der Waals surface area (Å²) in [6.07, 6.45) is 0.828. The van der Waals surface area contributed by atoms with Crippen LogP contribution in [0, 0.1) is 20.8 Å². The quantitative estimate of drug-likeness (QED) is 0.751. The Kier molecular flexibility index (Phi) is 6.26. The first-order chi connectivity index (χ1) is 11.8. The molecule has 6 heteroatoms. The number of benzene rings is 1. The number of carbonyl (C=O) groups excluding carboxylic acids is 2. The van der Waals surface area contributed by atoms with Gasteiger partial charge < -0.3 is 15.0 Å². The second-order valence-corrected chi connectivity index (χ2v) is 6.39. The molecule has 5 nitrogen and oxygen atoms in total. The number of hydrogen-bond donors (Lipinski definition) is 2. The van der Waals surface area contributed by atoms with Crippen molar-refractivity contribution >= 4 is 29.2 Å². The third kappa shape index (κ3) is 4.63. The number of ether oxygens (including phenoxy) is 1. The number of amides is 1. The SMILES string of the molecule is CCOC(=O)c1[nH]c(C)c(CCC(=O)Nc2ccc(C)cc2Cl)c1C. The summed E-state index contributed by atoms with van der Waals surface area (Å²) in [5.41, 5.74) is 4.77. The van der Waals surface area contributed by atoms with E-state index in [1.165, 1.54) is 0 Å². The topological polar surface area (TPSA) is 71.2 Å². The van der Waals surface area contributed by atoms with Crippen molar-refractivity contribution in [2.24, 2.45) is 0 Å². The molecule has 0 saturated heterocycles. The molecule has 0 radical (unpaired) electrons. The number of aryl methyl sites for hydroxylation is 2. The van der Waals surface area contributed by atoms with Crippen molar-refractivity contribution in [1.82, 2.24) is 4.98 Å². The summed E-state index contributed by atoms with van der Waals surface area (Å²) in [7, 11) is 0. The lowest BCUT2D eigenvalue weighted by atomic mass is 10.0. The molecule has 1 amide bonds. The molecule has 2 rings (SSSR count). The van der Waals surface area contributed by atoms with Crippen LogP contribution in [0.4, 0.5) is 5.69 Å². The van der Waals surface area contributed by atoms with Crippen LogP contribution < -0.4 is 5.32 Å². The van der Waals surface area contributed by atoms with Crippen molar-refractivity contribution < 1.29 is 14.3 Å². The number of aromatic amines is 1. The Hall–Kier alpha value is -2.27. The van der Waals surface area contributed by atoms with Gasteiger partial charge in [0.25, 0.3) is 0 Å². The molecule has 134 valence electrons. The van der Waals surface area contributed by atoms with Gasteiger partial charge in [0.2, 0.25) is 5.91 Å². The Labute approximate surface area is 152 Å². The molecule has 0 aliphatic rings. The Morgan fingerprint density at radius 2 is 1.96 bits per heavy atom. The average molecular weight is 363 g/mol. The molecule has 0 unspecified atom stereocenters. The van der Waals surface area contributed by atoms with Crippen LogP contribution in [0.1, 0.15) is 46.2 Å². The van der Waals surface area contributed by atoms with E-state index in [-0.39, 0.29) is 11.9 Å². The lowest BCUT2D eigenvalue weighted by Crippen LogP contribution is -2.13. The normalized spacial score (nSPS) is 10.6. The van der Waals surface area contributed by atoms with E-state index in [0.29, 0.717) is 35.9 Å². The first kappa shape index (κ1) is 19.1. The van der Waals surface area contributed by atoms with Crippen molar-refractivity contribution in [1.29, 1.82) is 0 Å². The highest BCUT2D eigenvalue weighted by Crippen LogP contribution is 2.24. The van der Waals surface area contributed by atoms with Crippen molar-refractivity contribution in [2.75, 3.05) is 11.9 Å². The molecule has 0 aliphatic heterocycles. The molecule has 1 aromatic heterocycles. The van der Waals surface area contributed by atoms with E-state index in [1.54, 1.807) is 13.0 Å². The van der Waals surface area contributed by atoms with Crippen LogP contribution in [0.3, 0.4) is 0 Å². The Morgan fingerprint density at radius 1 is 1.24 bits per heavy atom. The fourth-order valence-electron chi connectivity index (χ4n) is 2.74. The number of nitrogens with one attached hydrogen (secondary N) is 2. The molecular weight excluding hydrogens is 340 g/mol. The third-order valence-corrected chi connectivity index (χ3v) is 4.39. The van der Waals surface area contributed by atoms with Gasteiger partial charge >= 0.3 is 5.97 Å². The first-order valence-electron chi connectivity index (χ1n) is 8.24. The number of halogens is 1. The van der Waals surface area contributed by atoms with Gasteiger partial charge in [-0.3, -0.25) is 4.79 Å². The maximum atomic E-state index is 12.2. The van der Waals surface area contributed by atoms with Gasteiger partial charge in [0, 0.05) is 12.1 Å². The van der Waals surface area contributed by atoms with Crippen LogP contribution in [0.25, 0.3) is 0 Å². The monoisotopic (exact) mass is 362 g/mol. The van der Waals surface area contributed by atoms with Crippen LogP contribution in [-0.2, 0) is 16.0 Å². The maximum absolute atomic E-state index is 12.2. The summed E-state index contributed by atoms with van der Waals surface area (Å²) in [5.74, 6) is -0.492. The van der Waals surface area contributed by atoms with Gasteiger partial charge in [0.05, 0.1) is 17.3 Å². The summed E-state index contributed by atoms with van der Waals surface area (Å²) >= 11 is 6.14. The van der Waals surface area contributed by atoms with Crippen molar-refractivity contribution in [3.05, 3.63) is 51.3 Å². The molecule has 1 heterocycles. The van der Waals surface area contributed by atoms with Crippen molar-refractivity contribution in [3.63, 3.8) is 0 Å². The second kappa shape index (κ2) is 8.21. The minimum atomic E-state index is -0.370. The predicted molar refractivity (Wildman–Crippen MR) is 99.4 cm³/mol. The smallest absolute Gasteiger partial charge is 0.355 e. The molecule has 2 N–H and O–H groups in total. The highest BCUT2D eigenvalue weighted by atomic mass is 35.5. The maximum Gasteiger partial charge on any atom is 0.355 e. The fourth-order valence-corrected chi connectivity index (χ4v) is 3.03. The number of aromatic nitrogens is 1. The van der Waals surface area contributed by atoms with E-state index in [4.69, 9.17) is 16.3 Å². The van der Waals surface area contributed by atoms with E-state index in [2.05, 4.69) is 10.3 Å². The minimum Gasteiger partial charge on any atom is -0.461 e. The Morgan fingerprint density at radius 3 is 2.60 bits per heavy atom. The highest BCUT2D eigenvalue weighted by molar-refractivity contribution is 6.33. The summed E-state index contributed by atoms with van der Waals surface area (Å²) in [4.78, 5) is 27.2. The summed E-state index contributed by atoms with van der Waals surface area (Å²) in [6.45, 7) is 7.78. The lowest BCUT2D eigenvalue weighted by Gasteiger charge is -2.08. The zero-order valence-electron chi connectivity index (χ0n) is 15.0. The Balaban J connectivity index is 2.03. The van der Waals surface area contributed by atoms with E-state index in [0.717, 1.165) is 22.4 Å². The molecule has 0 aliphatic carbocycles.